The number of pyridine rings is 1. The van der Waals surface area contributed by atoms with Gasteiger partial charge in [-0.05, 0) is 55.8 Å². The van der Waals surface area contributed by atoms with Crippen LogP contribution >= 0.6 is 0 Å². The summed E-state index contributed by atoms with van der Waals surface area (Å²) in [6.07, 6.45) is 3.17. The zero-order valence-electron chi connectivity index (χ0n) is 27.2. The Kier molecular flexibility index (Phi) is 8.21. The number of amides is 1. The van der Waals surface area contributed by atoms with E-state index >= 15 is 0 Å². The average molecular weight is 652 g/mol. The van der Waals surface area contributed by atoms with Crippen molar-refractivity contribution in [3.8, 4) is 18.0 Å². The Bertz CT molecular complexity index is 1860. The molecule has 0 radical (unpaired) electrons. The minimum absolute atomic E-state index is 0.0212. The van der Waals surface area contributed by atoms with E-state index in [0.29, 0.717) is 57.8 Å². The highest BCUT2D eigenvalue weighted by molar-refractivity contribution is 5.97. The van der Waals surface area contributed by atoms with E-state index in [1.807, 2.05) is 4.90 Å². The van der Waals surface area contributed by atoms with Crippen molar-refractivity contribution in [3.05, 3.63) is 71.4 Å². The third-order valence-corrected chi connectivity index (χ3v) is 10.6. The van der Waals surface area contributed by atoms with Crippen LogP contribution in [0.4, 0.5) is 20.2 Å². The third-order valence-electron chi connectivity index (χ3n) is 10.6. The van der Waals surface area contributed by atoms with Crippen molar-refractivity contribution in [2.24, 2.45) is 0 Å². The number of hydrogen-bond donors (Lipinski definition) is 0. The highest BCUT2D eigenvalue weighted by Crippen LogP contribution is 2.47. The van der Waals surface area contributed by atoms with Gasteiger partial charge in [0.15, 0.2) is 0 Å². The second-order valence-electron chi connectivity index (χ2n) is 13.6. The van der Waals surface area contributed by atoms with Crippen LogP contribution in [0.1, 0.15) is 48.1 Å². The van der Waals surface area contributed by atoms with Gasteiger partial charge in [0.1, 0.15) is 18.2 Å². The van der Waals surface area contributed by atoms with Gasteiger partial charge in [-0.15, -0.1) is 0 Å². The van der Waals surface area contributed by atoms with Crippen LogP contribution in [0.3, 0.4) is 0 Å². The first-order valence-corrected chi connectivity index (χ1v) is 16.7. The lowest BCUT2D eigenvalue weighted by molar-refractivity contribution is -0.128. The summed E-state index contributed by atoms with van der Waals surface area (Å²) in [4.78, 5) is 25.6. The lowest BCUT2D eigenvalue weighted by Crippen LogP contribution is -2.55. The number of aryl methyl sites for hydroxylation is 1. The number of benzene rings is 2. The number of alkyl halides is 2. The molecule has 11 heteroatoms. The minimum Gasteiger partial charge on any atom is -0.475 e. The number of fused-ring (bicyclic) bond motifs is 3. The van der Waals surface area contributed by atoms with E-state index < -0.39 is 11.5 Å². The van der Waals surface area contributed by atoms with Gasteiger partial charge in [0, 0.05) is 49.2 Å². The van der Waals surface area contributed by atoms with Gasteiger partial charge in [-0.1, -0.05) is 36.9 Å². The number of carbonyl (C=O) groups is 1. The second-order valence-corrected chi connectivity index (χ2v) is 13.6. The Hall–Kier alpha value is -4.74. The fourth-order valence-electron chi connectivity index (χ4n) is 8.48. The van der Waals surface area contributed by atoms with E-state index in [-0.39, 0.29) is 49.4 Å². The van der Waals surface area contributed by atoms with Crippen molar-refractivity contribution in [3.63, 3.8) is 0 Å². The van der Waals surface area contributed by atoms with Gasteiger partial charge in [-0.25, -0.2) is 13.8 Å². The number of halogens is 2. The molecule has 1 unspecified atom stereocenters. The molecule has 0 saturated carbocycles. The van der Waals surface area contributed by atoms with Crippen LogP contribution in [0.15, 0.2) is 49.1 Å². The van der Waals surface area contributed by atoms with Crippen LogP contribution in [0.5, 0.6) is 5.88 Å². The molecule has 2 aromatic carbocycles. The number of rotatable bonds is 7. The number of piperazine rings is 1. The molecule has 1 aromatic heterocycles. The molecule has 7 rings (SSSR count). The summed E-state index contributed by atoms with van der Waals surface area (Å²) in [5.41, 5.74) is 4.18. The lowest BCUT2D eigenvalue weighted by atomic mass is 9.94. The van der Waals surface area contributed by atoms with Crippen LogP contribution in [0, 0.1) is 29.6 Å². The molecule has 0 spiro atoms. The molecule has 3 fully saturated rings. The summed E-state index contributed by atoms with van der Waals surface area (Å²) >= 11 is 0. The van der Waals surface area contributed by atoms with Gasteiger partial charge in [0.25, 0.3) is 5.92 Å². The fourth-order valence-corrected chi connectivity index (χ4v) is 8.48. The van der Waals surface area contributed by atoms with Crippen molar-refractivity contribution in [1.29, 1.82) is 10.5 Å². The van der Waals surface area contributed by atoms with E-state index in [1.165, 1.54) is 17.0 Å². The zero-order valence-corrected chi connectivity index (χ0v) is 27.2. The normalized spacial score (nSPS) is 23.4. The van der Waals surface area contributed by atoms with E-state index in [0.717, 1.165) is 28.8 Å². The van der Waals surface area contributed by atoms with Crippen LogP contribution < -0.4 is 14.5 Å². The molecule has 48 heavy (non-hydrogen) atoms. The summed E-state index contributed by atoms with van der Waals surface area (Å²) in [6, 6.07) is 16.7. The van der Waals surface area contributed by atoms with Gasteiger partial charge in [-0.3, -0.25) is 9.69 Å². The van der Waals surface area contributed by atoms with Crippen LogP contribution in [0.25, 0.3) is 10.8 Å². The van der Waals surface area contributed by atoms with Crippen molar-refractivity contribution in [2.75, 3.05) is 55.7 Å². The fraction of sp³-hybridized carbons (Fsp3) is 0.459. The maximum atomic E-state index is 14.6. The monoisotopic (exact) mass is 651 g/mol. The largest absolute Gasteiger partial charge is 0.475 e. The van der Waals surface area contributed by atoms with Gasteiger partial charge in [0.2, 0.25) is 11.8 Å². The first-order chi connectivity index (χ1) is 23.2. The summed E-state index contributed by atoms with van der Waals surface area (Å²) in [6.45, 7) is 8.42. The molecule has 248 valence electrons. The van der Waals surface area contributed by atoms with Crippen molar-refractivity contribution in [2.45, 2.75) is 63.1 Å². The molecule has 5 heterocycles. The summed E-state index contributed by atoms with van der Waals surface area (Å²) in [7, 11) is 0. The summed E-state index contributed by atoms with van der Waals surface area (Å²) in [5.74, 6) is -2.86. The van der Waals surface area contributed by atoms with Crippen molar-refractivity contribution in [1.82, 2.24) is 14.8 Å². The van der Waals surface area contributed by atoms with Gasteiger partial charge in [-0.2, -0.15) is 10.5 Å². The van der Waals surface area contributed by atoms with E-state index in [9.17, 15) is 24.1 Å². The average Bonchev–Trinajstić information content (AvgIpc) is 3.57. The molecule has 0 N–H and O–H groups in total. The number of nitrogens with zero attached hydrogens (tertiary/aromatic N) is 7. The number of aromatic nitrogens is 1. The molecule has 3 aromatic rings. The Morgan fingerprint density at radius 1 is 1.15 bits per heavy atom. The van der Waals surface area contributed by atoms with E-state index in [4.69, 9.17) is 9.72 Å². The van der Waals surface area contributed by atoms with Gasteiger partial charge >= 0.3 is 0 Å². The quantitative estimate of drug-likeness (QED) is 0.316. The first-order valence-electron chi connectivity index (χ1n) is 16.7. The molecule has 3 saturated heterocycles. The van der Waals surface area contributed by atoms with Gasteiger partial charge < -0.3 is 19.4 Å². The molecule has 0 aliphatic carbocycles. The zero-order chi connectivity index (χ0) is 33.6. The predicted molar refractivity (Wildman–Crippen MR) is 179 cm³/mol. The maximum absolute atomic E-state index is 14.6. The highest BCUT2D eigenvalue weighted by atomic mass is 19.3. The Balaban J connectivity index is 1.29. The van der Waals surface area contributed by atoms with Crippen LogP contribution in [-0.2, 0) is 17.8 Å². The van der Waals surface area contributed by atoms with Crippen LogP contribution in [-0.4, -0.2) is 84.1 Å². The standard InChI is InChI=1S/C37H39F2N7O2/c1-3-32(47)46-18-17-44(20-27(46)11-14-40)34-28-12-16-43(31-10-5-9-26-8-4-7-25(2)33(26)31)21-30(28)42-35(29(34)19-41)48-24-36-13-6-15-45(36)23-37(38,39)22-36/h3-5,7-10,27H,1,6,11-13,15-18,20-24H2,2H3/t27-,36?/m0/s1. The molecule has 4 aliphatic rings. The Labute approximate surface area is 279 Å². The molecule has 4 aliphatic heterocycles. The number of hydrogen-bond acceptors (Lipinski definition) is 8. The second kappa shape index (κ2) is 12.4. The summed E-state index contributed by atoms with van der Waals surface area (Å²) < 4.78 is 35.7. The number of anilines is 2. The Morgan fingerprint density at radius 3 is 2.73 bits per heavy atom. The number of carbonyl (C=O) groups excluding carboxylic acids is 1. The van der Waals surface area contributed by atoms with Crippen LogP contribution in [0.2, 0.25) is 0 Å². The topological polar surface area (TPSA) is 99.7 Å². The molecular weight excluding hydrogens is 612 g/mol. The first kappa shape index (κ1) is 31.8. The minimum atomic E-state index is -2.79. The molecule has 0 bridgehead atoms. The van der Waals surface area contributed by atoms with Crippen molar-refractivity contribution >= 4 is 28.1 Å². The van der Waals surface area contributed by atoms with Gasteiger partial charge in [0.05, 0.1) is 48.5 Å². The smallest absolute Gasteiger partial charge is 0.262 e. The maximum Gasteiger partial charge on any atom is 0.262 e. The van der Waals surface area contributed by atoms with E-state index in [1.54, 1.807) is 4.90 Å². The summed E-state index contributed by atoms with van der Waals surface area (Å²) in [5, 5.41) is 22.6. The predicted octanol–water partition coefficient (Wildman–Crippen LogP) is 5.35. The highest BCUT2D eigenvalue weighted by Gasteiger charge is 2.57. The molecule has 2 atom stereocenters. The molecular formula is C37H39F2N7O2. The van der Waals surface area contributed by atoms with Crippen molar-refractivity contribution < 1.29 is 18.3 Å². The number of nitriles is 2. The number of ether oxygens (including phenoxy) is 1. The third kappa shape index (κ3) is 5.50. The van der Waals surface area contributed by atoms with E-state index in [2.05, 4.69) is 71.8 Å². The lowest BCUT2D eigenvalue weighted by Gasteiger charge is -2.43. The Morgan fingerprint density at radius 2 is 1.96 bits per heavy atom. The molecule has 9 nitrogen and oxygen atoms in total. The SMILES string of the molecule is C=CC(=O)N1CCN(c2c(C#N)c(OCC34CCCN3CC(F)(F)C4)nc3c2CCN(c2cccc4cccc(C)c24)C3)C[C@@H]1CC#N. The molecule has 1 amide bonds.